The Morgan fingerprint density at radius 2 is 1.79 bits per heavy atom. The molecular formula is C23H29NO4. The molecule has 0 spiro atoms. The summed E-state index contributed by atoms with van der Waals surface area (Å²) in [7, 11) is 1.62. The monoisotopic (exact) mass is 383 g/mol. The van der Waals surface area contributed by atoms with Crippen LogP contribution in [0.5, 0.6) is 11.5 Å². The molecule has 2 aromatic rings. The number of ether oxygens (including phenoxy) is 2. The van der Waals surface area contributed by atoms with Crippen LogP contribution in [0.1, 0.15) is 35.7 Å². The highest BCUT2D eigenvalue weighted by atomic mass is 16.5. The molecule has 0 aromatic heterocycles. The lowest BCUT2D eigenvalue weighted by Gasteiger charge is -2.13. The highest BCUT2D eigenvalue weighted by Crippen LogP contribution is 2.15. The van der Waals surface area contributed by atoms with Crippen LogP contribution in [0.3, 0.4) is 0 Å². The summed E-state index contributed by atoms with van der Waals surface area (Å²) in [5, 5.41) is 13.1. The van der Waals surface area contributed by atoms with Crippen molar-refractivity contribution in [3.63, 3.8) is 0 Å². The number of aliphatic hydroxyl groups is 1. The lowest BCUT2D eigenvalue weighted by atomic mass is 10.1. The van der Waals surface area contributed by atoms with E-state index in [2.05, 4.69) is 12.2 Å². The zero-order chi connectivity index (χ0) is 20.2. The smallest absolute Gasteiger partial charge is 0.185 e. The van der Waals surface area contributed by atoms with Gasteiger partial charge in [0, 0.05) is 12.1 Å². The average Bonchev–Trinajstić information content (AvgIpc) is 2.74. The molecule has 0 aliphatic carbocycles. The SMILES string of the molecule is CCCCNCC(O)COc1ccc(C(=O)/C=C/c2ccc(OC)cc2)cc1. The van der Waals surface area contributed by atoms with Crippen LogP contribution in [0.2, 0.25) is 0 Å². The lowest BCUT2D eigenvalue weighted by Crippen LogP contribution is -2.31. The van der Waals surface area contributed by atoms with Crippen molar-refractivity contribution in [2.75, 3.05) is 26.8 Å². The molecule has 2 rings (SSSR count). The molecule has 5 nitrogen and oxygen atoms in total. The van der Waals surface area contributed by atoms with Crippen molar-refractivity contribution in [2.45, 2.75) is 25.9 Å². The van der Waals surface area contributed by atoms with Gasteiger partial charge >= 0.3 is 0 Å². The third-order valence-electron chi connectivity index (χ3n) is 4.21. The minimum absolute atomic E-state index is 0.0810. The highest BCUT2D eigenvalue weighted by Gasteiger charge is 2.06. The molecule has 0 saturated carbocycles. The first-order valence-corrected chi connectivity index (χ1v) is 9.60. The van der Waals surface area contributed by atoms with E-state index in [1.807, 2.05) is 24.3 Å². The van der Waals surface area contributed by atoms with Gasteiger partial charge in [0.2, 0.25) is 0 Å². The van der Waals surface area contributed by atoms with Crippen LogP contribution in [-0.4, -0.2) is 43.8 Å². The van der Waals surface area contributed by atoms with Gasteiger partial charge in [-0.1, -0.05) is 31.6 Å². The Morgan fingerprint density at radius 3 is 2.43 bits per heavy atom. The number of rotatable bonds is 12. The third kappa shape index (κ3) is 7.55. The van der Waals surface area contributed by atoms with Gasteiger partial charge in [-0.2, -0.15) is 0 Å². The molecule has 2 N–H and O–H groups in total. The maximum atomic E-state index is 12.3. The van der Waals surface area contributed by atoms with E-state index in [1.54, 1.807) is 43.5 Å². The number of hydrogen-bond donors (Lipinski definition) is 2. The van der Waals surface area contributed by atoms with Crippen LogP contribution >= 0.6 is 0 Å². The summed E-state index contributed by atoms with van der Waals surface area (Å²) in [4.78, 5) is 12.3. The van der Waals surface area contributed by atoms with Gasteiger partial charge in [0.1, 0.15) is 24.2 Å². The van der Waals surface area contributed by atoms with Crippen molar-refractivity contribution in [3.8, 4) is 11.5 Å². The normalized spacial score (nSPS) is 12.1. The molecule has 1 atom stereocenters. The average molecular weight is 383 g/mol. The van der Waals surface area contributed by atoms with E-state index in [0.29, 0.717) is 17.9 Å². The number of carbonyl (C=O) groups excluding carboxylic acids is 1. The molecule has 28 heavy (non-hydrogen) atoms. The van der Waals surface area contributed by atoms with Crippen LogP contribution in [0.25, 0.3) is 6.08 Å². The summed E-state index contributed by atoms with van der Waals surface area (Å²) in [6.45, 7) is 3.75. The van der Waals surface area contributed by atoms with Crippen LogP contribution in [0, 0.1) is 0 Å². The predicted octanol–water partition coefficient (Wildman–Crippen LogP) is 3.72. The molecule has 0 fully saturated rings. The van der Waals surface area contributed by atoms with Gasteiger partial charge in [0.05, 0.1) is 7.11 Å². The van der Waals surface area contributed by atoms with Crippen molar-refractivity contribution in [1.82, 2.24) is 5.32 Å². The Balaban J connectivity index is 1.80. The molecular weight excluding hydrogens is 354 g/mol. The van der Waals surface area contributed by atoms with Crippen molar-refractivity contribution < 1.29 is 19.4 Å². The minimum Gasteiger partial charge on any atom is -0.497 e. The number of unbranched alkanes of at least 4 members (excludes halogenated alkanes) is 1. The zero-order valence-corrected chi connectivity index (χ0v) is 16.6. The van der Waals surface area contributed by atoms with Gasteiger partial charge in [-0.3, -0.25) is 4.79 Å². The number of ketones is 1. The van der Waals surface area contributed by atoms with Crippen LogP contribution in [-0.2, 0) is 0 Å². The van der Waals surface area contributed by atoms with Crippen LogP contribution in [0.4, 0.5) is 0 Å². The Kier molecular flexibility index (Phi) is 9.25. The van der Waals surface area contributed by atoms with E-state index in [1.165, 1.54) is 0 Å². The summed E-state index contributed by atoms with van der Waals surface area (Å²) in [6.07, 6.45) is 4.97. The second-order valence-electron chi connectivity index (χ2n) is 6.52. The van der Waals surface area contributed by atoms with Gasteiger partial charge < -0.3 is 19.9 Å². The van der Waals surface area contributed by atoms with Gasteiger partial charge in [-0.05, 0) is 61.0 Å². The van der Waals surface area contributed by atoms with E-state index in [9.17, 15) is 9.90 Å². The van der Waals surface area contributed by atoms with Crippen LogP contribution in [0.15, 0.2) is 54.6 Å². The molecule has 0 aliphatic heterocycles. The van der Waals surface area contributed by atoms with Gasteiger partial charge in [0.15, 0.2) is 5.78 Å². The first kappa shape index (κ1) is 21.7. The van der Waals surface area contributed by atoms with E-state index in [4.69, 9.17) is 9.47 Å². The summed E-state index contributed by atoms with van der Waals surface area (Å²) < 4.78 is 10.7. The molecule has 0 heterocycles. The minimum atomic E-state index is -0.564. The van der Waals surface area contributed by atoms with Crippen molar-refractivity contribution in [3.05, 3.63) is 65.7 Å². The fraction of sp³-hybridized carbons (Fsp3) is 0.348. The maximum Gasteiger partial charge on any atom is 0.185 e. The number of methoxy groups -OCH3 is 1. The summed E-state index contributed by atoms with van der Waals surface area (Å²) in [5.41, 5.74) is 1.51. The Labute approximate surface area is 167 Å². The molecule has 0 saturated heterocycles. The van der Waals surface area contributed by atoms with E-state index in [-0.39, 0.29) is 12.4 Å². The van der Waals surface area contributed by atoms with Crippen molar-refractivity contribution in [1.29, 1.82) is 0 Å². The first-order chi connectivity index (χ1) is 13.6. The molecule has 150 valence electrons. The fourth-order valence-corrected chi connectivity index (χ4v) is 2.52. The third-order valence-corrected chi connectivity index (χ3v) is 4.21. The molecule has 0 bridgehead atoms. The molecule has 1 unspecified atom stereocenters. The number of allylic oxidation sites excluding steroid dienone is 1. The Bertz CT molecular complexity index is 738. The topological polar surface area (TPSA) is 67.8 Å². The van der Waals surface area contributed by atoms with Gasteiger partial charge in [-0.25, -0.2) is 0 Å². The summed E-state index contributed by atoms with van der Waals surface area (Å²) in [5.74, 6) is 1.33. The Hall–Kier alpha value is -2.63. The van der Waals surface area contributed by atoms with Gasteiger partial charge in [-0.15, -0.1) is 0 Å². The molecule has 5 heteroatoms. The second-order valence-corrected chi connectivity index (χ2v) is 6.52. The largest absolute Gasteiger partial charge is 0.497 e. The van der Waals surface area contributed by atoms with Crippen LogP contribution < -0.4 is 14.8 Å². The van der Waals surface area contributed by atoms with E-state index >= 15 is 0 Å². The van der Waals surface area contributed by atoms with Crippen molar-refractivity contribution in [2.24, 2.45) is 0 Å². The zero-order valence-electron chi connectivity index (χ0n) is 16.6. The standard InChI is InChI=1S/C23H29NO4/c1-3-4-15-24-16-20(25)17-28-22-12-8-19(9-13-22)23(26)14-7-18-5-10-21(27-2)11-6-18/h5-14,20,24-25H,3-4,15-17H2,1-2H3/b14-7+. The predicted molar refractivity (Wildman–Crippen MR) is 112 cm³/mol. The quantitative estimate of drug-likeness (QED) is 0.332. The molecule has 0 aliphatic rings. The van der Waals surface area contributed by atoms with E-state index < -0.39 is 6.10 Å². The number of hydrogen-bond acceptors (Lipinski definition) is 5. The second kappa shape index (κ2) is 12.0. The van der Waals surface area contributed by atoms with E-state index in [0.717, 1.165) is 30.7 Å². The fourth-order valence-electron chi connectivity index (χ4n) is 2.52. The number of nitrogens with one attached hydrogen (secondary N) is 1. The summed E-state index contributed by atoms with van der Waals surface area (Å²) in [6, 6.07) is 14.4. The number of aliphatic hydroxyl groups excluding tert-OH is 1. The molecule has 2 aromatic carbocycles. The number of benzene rings is 2. The summed E-state index contributed by atoms with van der Waals surface area (Å²) >= 11 is 0. The molecule has 0 amide bonds. The first-order valence-electron chi connectivity index (χ1n) is 9.60. The lowest BCUT2D eigenvalue weighted by molar-refractivity contribution is 0.104. The maximum absolute atomic E-state index is 12.3. The highest BCUT2D eigenvalue weighted by molar-refractivity contribution is 6.06. The van der Waals surface area contributed by atoms with Crippen molar-refractivity contribution >= 4 is 11.9 Å². The number of carbonyl (C=O) groups is 1. The Morgan fingerprint density at radius 1 is 1.11 bits per heavy atom. The molecule has 0 radical (unpaired) electrons. The van der Waals surface area contributed by atoms with Gasteiger partial charge in [0.25, 0.3) is 0 Å².